The van der Waals surface area contributed by atoms with Gasteiger partial charge >= 0.3 is 0 Å². The van der Waals surface area contributed by atoms with Crippen molar-refractivity contribution in [2.24, 2.45) is 0 Å². The first kappa shape index (κ1) is 24.6. The third-order valence-electron chi connectivity index (χ3n) is 6.55. The van der Waals surface area contributed by atoms with Crippen LogP contribution in [0.4, 0.5) is 11.4 Å². The summed E-state index contributed by atoms with van der Waals surface area (Å²) in [5.41, 5.74) is 4.29. The average Bonchev–Trinajstić information content (AvgIpc) is 2.90. The van der Waals surface area contributed by atoms with E-state index >= 15 is 0 Å². The Morgan fingerprint density at radius 3 is 2.17 bits per heavy atom. The molecule has 0 bridgehead atoms. The van der Waals surface area contributed by atoms with E-state index in [2.05, 4.69) is 74.6 Å². The van der Waals surface area contributed by atoms with Crippen LogP contribution < -0.4 is 19.9 Å². The molecule has 0 aliphatic carbocycles. The SMILES string of the molecule is CCOc1ccc(C(=O)NCC(c2ccc(N(C)C)cc2)N2CCN(c3ccccc3)CC2)cc1. The molecule has 1 N–H and O–H groups in total. The van der Waals surface area contributed by atoms with Crippen LogP contribution in [0.5, 0.6) is 5.75 Å². The molecule has 184 valence electrons. The van der Waals surface area contributed by atoms with E-state index in [1.54, 1.807) is 0 Å². The number of anilines is 2. The molecule has 1 unspecified atom stereocenters. The smallest absolute Gasteiger partial charge is 0.251 e. The molecular weight excluding hydrogens is 436 g/mol. The number of hydrogen-bond acceptors (Lipinski definition) is 5. The van der Waals surface area contributed by atoms with Crippen molar-refractivity contribution in [2.75, 3.05) is 63.2 Å². The predicted octanol–water partition coefficient (Wildman–Crippen LogP) is 4.44. The van der Waals surface area contributed by atoms with Gasteiger partial charge in [0.25, 0.3) is 5.91 Å². The van der Waals surface area contributed by atoms with Gasteiger partial charge < -0.3 is 19.9 Å². The molecule has 6 heteroatoms. The first-order chi connectivity index (χ1) is 17.0. The number of nitrogens with zero attached hydrogens (tertiary/aromatic N) is 3. The molecule has 0 saturated carbocycles. The molecule has 1 aliphatic rings. The number of rotatable bonds is 9. The summed E-state index contributed by atoms with van der Waals surface area (Å²) >= 11 is 0. The molecule has 4 rings (SSSR count). The molecule has 35 heavy (non-hydrogen) atoms. The Morgan fingerprint density at radius 1 is 0.914 bits per heavy atom. The van der Waals surface area contributed by atoms with Crippen LogP contribution in [0.2, 0.25) is 0 Å². The van der Waals surface area contributed by atoms with E-state index < -0.39 is 0 Å². The second kappa shape index (κ2) is 11.8. The minimum atomic E-state index is -0.0640. The van der Waals surface area contributed by atoms with Gasteiger partial charge in [-0.15, -0.1) is 0 Å². The first-order valence-corrected chi connectivity index (χ1v) is 12.4. The number of ether oxygens (including phenoxy) is 1. The van der Waals surface area contributed by atoms with Gasteiger partial charge in [0, 0.05) is 63.8 Å². The van der Waals surface area contributed by atoms with Crippen LogP contribution in [0.1, 0.15) is 28.9 Å². The second-order valence-electron chi connectivity index (χ2n) is 9.03. The van der Waals surface area contributed by atoms with Gasteiger partial charge in [-0.25, -0.2) is 0 Å². The van der Waals surface area contributed by atoms with Crippen LogP contribution in [0.15, 0.2) is 78.9 Å². The Balaban J connectivity index is 1.46. The zero-order valence-electron chi connectivity index (χ0n) is 21.0. The van der Waals surface area contributed by atoms with E-state index in [1.165, 1.54) is 16.9 Å². The Morgan fingerprint density at radius 2 is 1.57 bits per heavy atom. The van der Waals surface area contributed by atoms with Gasteiger partial charge in [0.2, 0.25) is 0 Å². The van der Waals surface area contributed by atoms with Crippen molar-refractivity contribution < 1.29 is 9.53 Å². The topological polar surface area (TPSA) is 48.1 Å². The third-order valence-corrected chi connectivity index (χ3v) is 6.55. The van der Waals surface area contributed by atoms with Gasteiger partial charge in [-0.2, -0.15) is 0 Å². The maximum atomic E-state index is 12.9. The number of para-hydroxylation sites is 1. The highest BCUT2D eigenvalue weighted by Gasteiger charge is 2.26. The molecular formula is C29H36N4O2. The van der Waals surface area contributed by atoms with E-state index in [0.717, 1.165) is 31.9 Å². The summed E-state index contributed by atoms with van der Waals surface area (Å²) in [4.78, 5) is 20.0. The number of hydrogen-bond donors (Lipinski definition) is 1. The Labute approximate surface area is 209 Å². The van der Waals surface area contributed by atoms with Crippen LogP contribution in [-0.2, 0) is 0 Å². The number of amides is 1. The van der Waals surface area contributed by atoms with Gasteiger partial charge in [0.05, 0.1) is 12.6 Å². The zero-order chi connectivity index (χ0) is 24.6. The van der Waals surface area contributed by atoms with Crippen molar-refractivity contribution in [3.8, 4) is 5.75 Å². The lowest BCUT2D eigenvalue weighted by Gasteiger charge is -2.40. The highest BCUT2D eigenvalue weighted by Crippen LogP contribution is 2.26. The highest BCUT2D eigenvalue weighted by atomic mass is 16.5. The first-order valence-electron chi connectivity index (χ1n) is 12.4. The number of nitrogens with one attached hydrogen (secondary N) is 1. The number of benzene rings is 3. The van der Waals surface area contributed by atoms with E-state index in [0.29, 0.717) is 18.7 Å². The van der Waals surface area contributed by atoms with Gasteiger partial charge in [0.15, 0.2) is 0 Å². The molecule has 3 aromatic carbocycles. The summed E-state index contributed by atoms with van der Waals surface area (Å²) in [5.74, 6) is 0.713. The molecule has 1 saturated heterocycles. The quantitative estimate of drug-likeness (QED) is 0.499. The maximum Gasteiger partial charge on any atom is 0.251 e. The van der Waals surface area contributed by atoms with Crippen molar-refractivity contribution in [1.82, 2.24) is 10.2 Å². The van der Waals surface area contributed by atoms with Crippen LogP contribution in [0.25, 0.3) is 0 Å². The molecule has 1 fully saturated rings. The average molecular weight is 473 g/mol. The standard InChI is InChI=1S/C29H36N4O2/c1-4-35-27-16-12-24(13-17-27)29(34)30-22-28(23-10-14-25(15-11-23)31(2)3)33-20-18-32(19-21-33)26-8-6-5-7-9-26/h5-17,28H,4,18-22H2,1-3H3,(H,30,34). The number of carbonyl (C=O) groups is 1. The van der Waals surface area contributed by atoms with Crippen LogP contribution in [0, 0.1) is 0 Å². The molecule has 1 aliphatic heterocycles. The van der Waals surface area contributed by atoms with Crippen LogP contribution >= 0.6 is 0 Å². The number of carbonyl (C=O) groups excluding carboxylic acids is 1. The predicted molar refractivity (Wildman–Crippen MR) is 144 cm³/mol. The Hall–Kier alpha value is -3.51. The summed E-state index contributed by atoms with van der Waals surface area (Å²) in [7, 11) is 4.10. The zero-order valence-corrected chi connectivity index (χ0v) is 21.0. The number of piperazine rings is 1. The molecule has 0 aromatic heterocycles. The van der Waals surface area contributed by atoms with E-state index in [-0.39, 0.29) is 11.9 Å². The Kier molecular flexibility index (Phi) is 8.27. The third kappa shape index (κ3) is 6.34. The Bertz CT molecular complexity index is 1060. The molecule has 1 atom stereocenters. The maximum absolute atomic E-state index is 12.9. The molecule has 0 spiro atoms. The lowest BCUT2D eigenvalue weighted by Crippen LogP contribution is -2.50. The monoisotopic (exact) mass is 472 g/mol. The van der Waals surface area contributed by atoms with Gasteiger partial charge in [-0.1, -0.05) is 30.3 Å². The fourth-order valence-electron chi connectivity index (χ4n) is 4.54. The van der Waals surface area contributed by atoms with Gasteiger partial charge in [0.1, 0.15) is 5.75 Å². The van der Waals surface area contributed by atoms with Crippen molar-refractivity contribution in [2.45, 2.75) is 13.0 Å². The molecule has 1 heterocycles. The van der Waals surface area contributed by atoms with Crippen molar-refractivity contribution in [3.05, 3.63) is 90.0 Å². The summed E-state index contributed by atoms with van der Waals surface area (Å²) in [6, 6.07) is 26.7. The van der Waals surface area contributed by atoms with Crippen LogP contribution in [-0.4, -0.2) is 64.2 Å². The largest absolute Gasteiger partial charge is 0.494 e. The summed E-state index contributed by atoms with van der Waals surface area (Å²) < 4.78 is 5.50. The fourth-order valence-corrected chi connectivity index (χ4v) is 4.54. The molecule has 1 amide bonds. The molecule has 0 radical (unpaired) electrons. The lowest BCUT2D eigenvalue weighted by molar-refractivity contribution is 0.0930. The van der Waals surface area contributed by atoms with Gasteiger partial charge in [-0.05, 0) is 61.0 Å². The molecule has 6 nitrogen and oxygen atoms in total. The fraction of sp³-hybridized carbons (Fsp3) is 0.345. The second-order valence-corrected chi connectivity index (χ2v) is 9.03. The minimum absolute atomic E-state index is 0.0640. The highest BCUT2D eigenvalue weighted by molar-refractivity contribution is 5.94. The summed E-state index contributed by atoms with van der Waals surface area (Å²) in [6.07, 6.45) is 0. The van der Waals surface area contributed by atoms with E-state index in [9.17, 15) is 4.79 Å². The normalized spacial score (nSPS) is 14.9. The van der Waals surface area contributed by atoms with Gasteiger partial charge in [-0.3, -0.25) is 9.69 Å². The lowest BCUT2D eigenvalue weighted by atomic mass is 10.0. The van der Waals surface area contributed by atoms with E-state index in [4.69, 9.17) is 4.74 Å². The van der Waals surface area contributed by atoms with Crippen molar-refractivity contribution in [3.63, 3.8) is 0 Å². The minimum Gasteiger partial charge on any atom is -0.494 e. The molecule has 3 aromatic rings. The van der Waals surface area contributed by atoms with Crippen molar-refractivity contribution >= 4 is 17.3 Å². The summed E-state index contributed by atoms with van der Waals surface area (Å²) in [6.45, 7) is 6.91. The van der Waals surface area contributed by atoms with Crippen molar-refractivity contribution in [1.29, 1.82) is 0 Å². The summed E-state index contributed by atoms with van der Waals surface area (Å²) in [5, 5.41) is 3.18. The van der Waals surface area contributed by atoms with Crippen LogP contribution in [0.3, 0.4) is 0 Å². The van der Waals surface area contributed by atoms with E-state index in [1.807, 2.05) is 45.3 Å².